The van der Waals surface area contributed by atoms with Crippen LogP contribution in [-0.4, -0.2) is 25.8 Å². The average Bonchev–Trinajstić information content (AvgIpc) is 2.40. The predicted octanol–water partition coefficient (Wildman–Crippen LogP) is 0.400. The van der Waals surface area contributed by atoms with Crippen LogP contribution in [0.25, 0.3) is 0 Å². The van der Waals surface area contributed by atoms with Crippen LogP contribution in [-0.2, 0) is 23.1 Å². The van der Waals surface area contributed by atoms with E-state index in [4.69, 9.17) is 13.8 Å². The van der Waals surface area contributed by atoms with Crippen LogP contribution in [0.4, 0.5) is 0 Å². The van der Waals surface area contributed by atoms with Gasteiger partial charge in [-0.25, -0.2) is 0 Å². The summed E-state index contributed by atoms with van der Waals surface area (Å²) in [5.41, 5.74) is 0.430. The summed E-state index contributed by atoms with van der Waals surface area (Å²) >= 11 is 0. The second-order valence-corrected chi connectivity index (χ2v) is 5.73. The van der Waals surface area contributed by atoms with Crippen LogP contribution < -0.4 is 29.6 Å². The van der Waals surface area contributed by atoms with Crippen LogP contribution in [0.3, 0.4) is 0 Å². The molecule has 112 valence electrons. The second-order valence-electron chi connectivity index (χ2n) is 3.77. The van der Waals surface area contributed by atoms with Crippen molar-refractivity contribution in [2.75, 3.05) is 19.8 Å². The third-order valence-electron chi connectivity index (χ3n) is 2.39. The predicted molar refractivity (Wildman–Crippen MR) is 76.3 cm³/mol. The summed E-state index contributed by atoms with van der Waals surface area (Å²) in [5.74, 6) is -0.677. The number of carbonyl (C=O) groups is 1. The second kappa shape index (κ2) is 10.4. The van der Waals surface area contributed by atoms with E-state index in [0.29, 0.717) is 5.56 Å². The van der Waals surface area contributed by atoms with Crippen LogP contribution in [0.1, 0.15) is 26.3 Å². The molecule has 0 aliphatic heterocycles. The van der Waals surface area contributed by atoms with Gasteiger partial charge in [-0.3, -0.25) is 9.36 Å². The number of benzene rings is 1. The van der Waals surface area contributed by atoms with Gasteiger partial charge in [0.05, 0.1) is 19.8 Å². The molecule has 0 radical (unpaired) electrons. The Kier molecular flexibility index (Phi) is 10.3. The van der Waals surface area contributed by atoms with Gasteiger partial charge in [0.2, 0.25) is 0 Å². The summed E-state index contributed by atoms with van der Waals surface area (Å²) in [6, 6.07) is 8.65. The van der Waals surface area contributed by atoms with Crippen molar-refractivity contribution in [3.05, 3.63) is 41.6 Å². The molecule has 0 aliphatic rings. The van der Waals surface area contributed by atoms with Gasteiger partial charge in [0.15, 0.2) is 0 Å². The van der Waals surface area contributed by atoms with E-state index < -0.39 is 13.6 Å². The fourth-order valence-electron chi connectivity index (χ4n) is 1.69. The summed E-state index contributed by atoms with van der Waals surface area (Å²) in [6.07, 6.45) is 0. The summed E-state index contributed by atoms with van der Waals surface area (Å²) in [4.78, 5) is 12.1. The van der Waals surface area contributed by atoms with Crippen LogP contribution in [0.2, 0.25) is 0 Å². The van der Waals surface area contributed by atoms with E-state index in [2.05, 4.69) is 0 Å². The molecule has 1 aromatic carbocycles. The first-order valence-electron chi connectivity index (χ1n) is 6.58. The maximum Gasteiger partial charge on any atom is 1.00 e. The van der Waals surface area contributed by atoms with Crippen molar-refractivity contribution in [2.24, 2.45) is 0 Å². The van der Waals surface area contributed by atoms with Gasteiger partial charge in [0.25, 0.3) is 5.97 Å². The van der Waals surface area contributed by atoms with Crippen molar-refractivity contribution in [3.8, 4) is 0 Å². The third-order valence-corrected chi connectivity index (χ3v) is 4.57. The molecule has 21 heavy (non-hydrogen) atoms. The third kappa shape index (κ3) is 5.78. The molecular weight excluding hydrogens is 302 g/mol. The molecule has 0 unspecified atom stereocenters. The molecule has 0 spiro atoms. The molecule has 0 heterocycles. The summed E-state index contributed by atoms with van der Waals surface area (Å²) in [7, 11) is -3.70. The molecule has 0 N–H and O–H groups in total. The van der Waals surface area contributed by atoms with Crippen molar-refractivity contribution >= 4 is 13.6 Å². The maximum atomic E-state index is 12.8. The van der Waals surface area contributed by atoms with E-state index in [1.807, 2.05) is 0 Å². The van der Waals surface area contributed by atoms with E-state index in [1.54, 1.807) is 51.1 Å². The molecule has 7 heteroatoms. The Hall–Kier alpha value is -0.290. The Morgan fingerprint density at radius 2 is 1.57 bits per heavy atom. The van der Waals surface area contributed by atoms with E-state index in [9.17, 15) is 9.36 Å². The van der Waals surface area contributed by atoms with E-state index in [0.717, 1.165) is 0 Å². The zero-order valence-electron chi connectivity index (χ0n) is 13.0. The molecule has 0 saturated carbocycles. The normalized spacial score (nSPS) is 10.6. The minimum atomic E-state index is -3.70. The van der Waals surface area contributed by atoms with Crippen LogP contribution in [0, 0.1) is 5.66 Å². The van der Waals surface area contributed by atoms with Crippen molar-refractivity contribution in [1.82, 2.24) is 0 Å². The molecule has 1 aromatic rings. The zero-order valence-corrected chi connectivity index (χ0v) is 15.9. The van der Waals surface area contributed by atoms with E-state index in [1.165, 1.54) is 0 Å². The number of ether oxygens (including phenoxy) is 1. The first kappa shape index (κ1) is 20.7. The first-order chi connectivity index (χ1) is 9.59. The molecule has 0 saturated heterocycles. The number of rotatable bonds is 8. The van der Waals surface area contributed by atoms with Gasteiger partial charge in [-0.2, -0.15) is 17.7 Å². The minimum Gasteiger partial charge on any atom is -0.471 e. The summed E-state index contributed by atoms with van der Waals surface area (Å²) in [6.45, 7) is 5.61. The van der Waals surface area contributed by atoms with Gasteiger partial charge in [-0.1, -0.05) is 6.07 Å². The molecule has 0 bridgehead atoms. The molecule has 0 amide bonds. The smallest absolute Gasteiger partial charge is 0.471 e. The Morgan fingerprint density at radius 1 is 1.05 bits per heavy atom. The Labute approximate surface area is 148 Å². The zero-order chi connectivity index (χ0) is 15.0. The van der Waals surface area contributed by atoms with Gasteiger partial charge in [0.1, 0.15) is 0 Å². The topological polar surface area (TPSA) is 61.8 Å². The fourth-order valence-corrected chi connectivity index (χ4v) is 3.46. The van der Waals surface area contributed by atoms with Crippen molar-refractivity contribution in [3.63, 3.8) is 0 Å². The Morgan fingerprint density at radius 3 is 2.00 bits per heavy atom. The van der Waals surface area contributed by atoms with E-state index in [-0.39, 0.29) is 55.0 Å². The first-order valence-corrected chi connectivity index (χ1v) is 8.12. The largest absolute Gasteiger partial charge is 1.00 e. The van der Waals surface area contributed by atoms with Crippen molar-refractivity contribution < 1.29 is 52.7 Å². The number of hydrogen-bond acceptors (Lipinski definition) is 5. The quantitative estimate of drug-likeness (QED) is 0.300. The monoisotopic (exact) mass is 322 g/mol. The van der Waals surface area contributed by atoms with Gasteiger partial charge in [0, 0.05) is 5.66 Å². The summed E-state index contributed by atoms with van der Waals surface area (Å²) < 4.78 is 28.3. The Balaban J connectivity index is 0.00000400. The molecule has 0 atom stereocenters. The van der Waals surface area contributed by atoms with Gasteiger partial charge in [-0.05, 0) is 20.8 Å². The average molecular weight is 322 g/mol. The standard InChI is InChI=1S/C14H20O5P.Na/c1-4-17-14(15)13(12-10-8-7-9-11-12)20(16,18-5-2)19-6-3;/h7-11H,4-6H2,1-3H3;/q-1;+1. The van der Waals surface area contributed by atoms with Gasteiger partial charge < -0.3 is 13.8 Å². The SMILES string of the molecule is CCOC(=O)[C-](c1ccccc1)P(=O)(OCC)OCC.[Na+]. The van der Waals surface area contributed by atoms with Crippen LogP contribution in [0.5, 0.6) is 0 Å². The van der Waals surface area contributed by atoms with Crippen LogP contribution >= 0.6 is 7.60 Å². The number of carbonyl (C=O) groups excluding carboxylic acids is 1. The van der Waals surface area contributed by atoms with Crippen molar-refractivity contribution in [2.45, 2.75) is 20.8 Å². The molecule has 5 nitrogen and oxygen atoms in total. The number of esters is 1. The van der Waals surface area contributed by atoms with E-state index >= 15 is 0 Å². The molecular formula is C14H20NaO5P. The van der Waals surface area contributed by atoms with Crippen molar-refractivity contribution in [1.29, 1.82) is 0 Å². The minimum absolute atomic E-state index is 0. The van der Waals surface area contributed by atoms with Gasteiger partial charge in [-0.15, -0.1) is 12.1 Å². The number of hydrogen-bond donors (Lipinski definition) is 0. The molecule has 0 aromatic heterocycles. The molecule has 1 rings (SSSR count). The van der Waals surface area contributed by atoms with Gasteiger partial charge >= 0.3 is 37.2 Å². The molecule has 0 aliphatic carbocycles. The van der Waals surface area contributed by atoms with Crippen LogP contribution in [0.15, 0.2) is 30.3 Å². The summed E-state index contributed by atoms with van der Waals surface area (Å²) in [5, 5.41) is 0. The molecule has 0 fully saturated rings. The maximum absolute atomic E-state index is 12.8. The Bertz CT molecular complexity index is 456. The fraction of sp³-hybridized carbons (Fsp3) is 0.429.